The van der Waals surface area contributed by atoms with Crippen molar-refractivity contribution in [3.8, 4) is 0 Å². The summed E-state index contributed by atoms with van der Waals surface area (Å²) in [5.74, 6) is -0.999. The van der Waals surface area contributed by atoms with Gasteiger partial charge in [0.1, 0.15) is 0 Å². The summed E-state index contributed by atoms with van der Waals surface area (Å²) in [6.45, 7) is 4.10. The molecule has 0 amide bonds. The number of hydrogen-bond donors (Lipinski definition) is 2. The highest BCUT2D eigenvalue weighted by Crippen LogP contribution is 2.32. The lowest BCUT2D eigenvalue weighted by Gasteiger charge is -2.08. The maximum Gasteiger partial charge on any atom is 0.337 e. The maximum absolute atomic E-state index is 10.9. The summed E-state index contributed by atoms with van der Waals surface area (Å²) < 4.78 is 0. The highest BCUT2D eigenvalue weighted by molar-refractivity contribution is 7.99. The molecule has 0 unspecified atom stereocenters. The van der Waals surface area contributed by atoms with Gasteiger partial charge >= 0.3 is 5.97 Å². The number of nitrogen functional groups attached to an aromatic ring is 1. The third kappa shape index (κ3) is 3.09. The Balaban J connectivity index is 2.31. The Hall–Kier alpha value is -1.94. The summed E-state index contributed by atoms with van der Waals surface area (Å²) in [7, 11) is 0. The lowest BCUT2D eigenvalue weighted by atomic mass is 10.2. The lowest BCUT2D eigenvalue weighted by Crippen LogP contribution is -2.01. The monoisotopic (exact) mass is 273 g/mol. The average molecular weight is 273 g/mol. The molecule has 0 bridgehead atoms. The fraction of sp³-hybridized carbons (Fsp3) is 0.133. The minimum absolute atomic E-state index is 0.144. The summed E-state index contributed by atoms with van der Waals surface area (Å²) in [4.78, 5) is 13.0. The molecule has 3 nitrogen and oxygen atoms in total. The van der Waals surface area contributed by atoms with Crippen LogP contribution in [0.25, 0.3) is 0 Å². The summed E-state index contributed by atoms with van der Waals surface area (Å²) in [5.41, 5.74) is 8.58. The molecule has 0 aromatic heterocycles. The molecule has 2 aromatic carbocycles. The second-order valence-electron chi connectivity index (χ2n) is 4.43. The molecule has 2 aromatic rings. The van der Waals surface area contributed by atoms with Gasteiger partial charge in [0.15, 0.2) is 0 Å². The van der Waals surface area contributed by atoms with Gasteiger partial charge < -0.3 is 10.8 Å². The van der Waals surface area contributed by atoms with E-state index in [0.717, 1.165) is 9.79 Å². The molecule has 0 fully saturated rings. The first-order valence-electron chi connectivity index (χ1n) is 5.85. The van der Waals surface area contributed by atoms with Crippen molar-refractivity contribution in [3.05, 3.63) is 53.1 Å². The number of rotatable bonds is 3. The van der Waals surface area contributed by atoms with Gasteiger partial charge in [-0.15, -0.1) is 0 Å². The molecule has 4 heteroatoms. The molecule has 3 N–H and O–H groups in total. The smallest absolute Gasteiger partial charge is 0.337 e. The number of aromatic carboxylic acids is 1. The first-order valence-corrected chi connectivity index (χ1v) is 6.67. The molecule has 0 radical (unpaired) electrons. The van der Waals surface area contributed by atoms with Gasteiger partial charge in [0.2, 0.25) is 0 Å². The number of benzene rings is 2. The van der Waals surface area contributed by atoms with Crippen LogP contribution in [0.15, 0.2) is 46.2 Å². The number of anilines is 1. The summed E-state index contributed by atoms with van der Waals surface area (Å²) in [6.07, 6.45) is 0. The molecular weight excluding hydrogens is 258 g/mol. The molecule has 0 aliphatic rings. The van der Waals surface area contributed by atoms with E-state index in [1.165, 1.54) is 11.1 Å². The largest absolute Gasteiger partial charge is 0.478 e. The standard InChI is InChI=1S/C15H15NO2S/c1-9-3-4-10(2)14(7-9)19-11-5-6-12(15(17)18)13(16)8-11/h3-8H,16H2,1-2H3,(H,17,18). The van der Waals surface area contributed by atoms with Crippen molar-refractivity contribution in [1.82, 2.24) is 0 Å². The van der Waals surface area contributed by atoms with Crippen LogP contribution in [0.4, 0.5) is 5.69 Å². The van der Waals surface area contributed by atoms with Gasteiger partial charge in [-0.1, -0.05) is 23.9 Å². The van der Waals surface area contributed by atoms with Crippen LogP contribution in [0.5, 0.6) is 0 Å². The zero-order chi connectivity index (χ0) is 14.0. The van der Waals surface area contributed by atoms with Crippen molar-refractivity contribution < 1.29 is 9.90 Å². The second kappa shape index (κ2) is 5.36. The number of carbonyl (C=O) groups is 1. The quantitative estimate of drug-likeness (QED) is 0.836. The third-order valence-electron chi connectivity index (χ3n) is 2.82. The number of nitrogens with two attached hydrogens (primary N) is 1. The van der Waals surface area contributed by atoms with E-state index in [4.69, 9.17) is 10.8 Å². The molecule has 0 heterocycles. The van der Waals surface area contributed by atoms with E-state index in [-0.39, 0.29) is 5.56 Å². The summed E-state index contributed by atoms with van der Waals surface area (Å²) in [5, 5.41) is 8.94. The van der Waals surface area contributed by atoms with Crippen LogP contribution < -0.4 is 5.73 Å². The third-order valence-corrected chi connectivity index (χ3v) is 3.97. The van der Waals surface area contributed by atoms with Gasteiger partial charge in [-0.3, -0.25) is 0 Å². The molecule has 0 saturated carbocycles. The molecule has 19 heavy (non-hydrogen) atoms. The van der Waals surface area contributed by atoms with Gasteiger partial charge in [0, 0.05) is 15.5 Å². The van der Waals surface area contributed by atoms with Crippen molar-refractivity contribution in [2.45, 2.75) is 23.6 Å². The topological polar surface area (TPSA) is 63.3 Å². The van der Waals surface area contributed by atoms with Crippen LogP contribution in [0.1, 0.15) is 21.5 Å². The van der Waals surface area contributed by atoms with Crippen molar-refractivity contribution in [1.29, 1.82) is 0 Å². The first-order chi connectivity index (χ1) is 8.97. The van der Waals surface area contributed by atoms with Crippen molar-refractivity contribution >= 4 is 23.4 Å². The van der Waals surface area contributed by atoms with E-state index >= 15 is 0 Å². The second-order valence-corrected chi connectivity index (χ2v) is 5.54. The van der Waals surface area contributed by atoms with Gasteiger partial charge in [0.25, 0.3) is 0 Å². The maximum atomic E-state index is 10.9. The zero-order valence-corrected chi connectivity index (χ0v) is 11.6. The molecule has 0 aliphatic carbocycles. The number of hydrogen-bond acceptors (Lipinski definition) is 3. The molecule has 2 rings (SSSR count). The highest BCUT2D eigenvalue weighted by Gasteiger charge is 2.09. The predicted molar refractivity (Wildman–Crippen MR) is 77.9 cm³/mol. The number of carboxylic acids is 1. The van der Waals surface area contributed by atoms with Crippen LogP contribution in [0.2, 0.25) is 0 Å². The Morgan fingerprint density at radius 1 is 1.16 bits per heavy atom. The Labute approximate surface area is 116 Å². The number of carboxylic acid groups (broad SMARTS) is 1. The Morgan fingerprint density at radius 3 is 2.53 bits per heavy atom. The minimum atomic E-state index is -0.999. The Bertz CT molecular complexity index is 638. The SMILES string of the molecule is Cc1ccc(C)c(Sc2ccc(C(=O)O)c(N)c2)c1. The molecule has 0 aliphatic heterocycles. The Kier molecular flexibility index (Phi) is 3.81. The molecular formula is C15H15NO2S. The summed E-state index contributed by atoms with van der Waals surface area (Å²) >= 11 is 1.59. The molecule has 0 spiro atoms. The van der Waals surface area contributed by atoms with Crippen LogP contribution in [0.3, 0.4) is 0 Å². The normalized spacial score (nSPS) is 10.4. The van der Waals surface area contributed by atoms with E-state index in [2.05, 4.69) is 25.1 Å². The fourth-order valence-corrected chi connectivity index (χ4v) is 2.79. The predicted octanol–water partition coefficient (Wildman–Crippen LogP) is 3.74. The van der Waals surface area contributed by atoms with Gasteiger partial charge in [-0.2, -0.15) is 0 Å². The molecule has 98 valence electrons. The average Bonchev–Trinajstić information content (AvgIpc) is 2.33. The van der Waals surface area contributed by atoms with Crippen LogP contribution in [-0.2, 0) is 0 Å². The Morgan fingerprint density at radius 2 is 1.89 bits per heavy atom. The van der Waals surface area contributed by atoms with E-state index in [0.29, 0.717) is 5.69 Å². The van der Waals surface area contributed by atoms with Crippen molar-refractivity contribution in [2.75, 3.05) is 5.73 Å². The van der Waals surface area contributed by atoms with Crippen molar-refractivity contribution in [3.63, 3.8) is 0 Å². The van der Waals surface area contributed by atoms with Crippen LogP contribution in [0, 0.1) is 13.8 Å². The van der Waals surface area contributed by atoms with E-state index in [9.17, 15) is 4.79 Å². The highest BCUT2D eigenvalue weighted by atomic mass is 32.2. The molecule has 0 saturated heterocycles. The van der Waals surface area contributed by atoms with Crippen LogP contribution in [-0.4, -0.2) is 11.1 Å². The lowest BCUT2D eigenvalue weighted by molar-refractivity contribution is 0.0698. The first kappa shape index (κ1) is 13.5. The van der Waals surface area contributed by atoms with Crippen LogP contribution >= 0.6 is 11.8 Å². The van der Waals surface area contributed by atoms with E-state index in [1.54, 1.807) is 30.0 Å². The zero-order valence-electron chi connectivity index (χ0n) is 10.8. The minimum Gasteiger partial charge on any atom is -0.478 e. The van der Waals surface area contributed by atoms with Gasteiger partial charge in [-0.25, -0.2) is 4.79 Å². The number of aryl methyl sites for hydroxylation is 2. The van der Waals surface area contributed by atoms with Gasteiger partial charge in [0.05, 0.1) is 5.56 Å². The molecule has 0 atom stereocenters. The van der Waals surface area contributed by atoms with E-state index < -0.39 is 5.97 Å². The fourth-order valence-electron chi connectivity index (χ4n) is 1.74. The van der Waals surface area contributed by atoms with Gasteiger partial charge in [-0.05, 0) is 49.2 Å². The van der Waals surface area contributed by atoms with Crippen molar-refractivity contribution in [2.24, 2.45) is 0 Å². The van der Waals surface area contributed by atoms with E-state index in [1.807, 2.05) is 6.92 Å². The summed E-state index contributed by atoms with van der Waals surface area (Å²) in [6, 6.07) is 11.3.